The Labute approximate surface area is 210 Å². The molecule has 8 heteroatoms. The lowest BCUT2D eigenvalue weighted by Crippen LogP contribution is -2.32. The Bertz CT molecular complexity index is 1690. The third kappa shape index (κ3) is 3.76. The number of hydrogen-bond acceptors (Lipinski definition) is 6. The number of benzene rings is 3. The lowest BCUT2D eigenvalue weighted by Gasteiger charge is -2.17. The molecule has 0 saturated heterocycles. The largest absolute Gasteiger partial charge is 0.494 e. The summed E-state index contributed by atoms with van der Waals surface area (Å²) in [7, 11) is 0. The summed E-state index contributed by atoms with van der Waals surface area (Å²) in [6.45, 7) is 3.14. The van der Waals surface area contributed by atoms with Crippen LogP contribution in [-0.4, -0.2) is 27.1 Å². The van der Waals surface area contributed by atoms with Crippen LogP contribution in [-0.2, 0) is 11.3 Å². The molecular weight excluding hydrogens is 472 g/mol. The zero-order chi connectivity index (χ0) is 24.6. The third-order valence-corrected chi connectivity index (χ3v) is 7.11. The summed E-state index contributed by atoms with van der Waals surface area (Å²) in [4.78, 5) is 33.8. The van der Waals surface area contributed by atoms with E-state index in [2.05, 4.69) is 17.0 Å². The van der Waals surface area contributed by atoms with Gasteiger partial charge in [0.15, 0.2) is 5.82 Å². The Kier molecular flexibility index (Phi) is 5.58. The quantitative estimate of drug-likeness (QED) is 0.356. The second-order valence-corrected chi connectivity index (χ2v) is 9.49. The first-order valence-electron chi connectivity index (χ1n) is 11.8. The maximum atomic E-state index is 13.6. The number of anilines is 1. The highest BCUT2D eigenvalue weighted by Crippen LogP contribution is 2.36. The number of carbonyl (C=O) groups is 1. The molecule has 0 fully saturated rings. The van der Waals surface area contributed by atoms with Crippen LogP contribution in [0, 0.1) is 0 Å². The molecule has 5 aromatic rings. The molecule has 3 heterocycles. The molecule has 0 unspecified atom stereocenters. The van der Waals surface area contributed by atoms with Crippen molar-refractivity contribution in [3.63, 3.8) is 0 Å². The Morgan fingerprint density at radius 1 is 0.917 bits per heavy atom. The maximum Gasteiger partial charge on any atom is 0.291 e. The molecule has 1 amide bonds. The van der Waals surface area contributed by atoms with E-state index in [9.17, 15) is 9.59 Å². The maximum absolute atomic E-state index is 13.6. The van der Waals surface area contributed by atoms with Crippen LogP contribution in [0.3, 0.4) is 0 Å². The van der Waals surface area contributed by atoms with Crippen LogP contribution < -0.4 is 19.7 Å². The van der Waals surface area contributed by atoms with Gasteiger partial charge in [-0.2, -0.15) is 9.50 Å². The molecule has 0 atom stereocenters. The molecule has 0 N–H and O–H groups in total. The van der Waals surface area contributed by atoms with E-state index in [-0.39, 0.29) is 11.5 Å². The number of fused-ring (bicyclic) bond motifs is 2. The topological polar surface area (TPSA) is 76.8 Å². The molecule has 1 aliphatic rings. The summed E-state index contributed by atoms with van der Waals surface area (Å²) in [5.74, 6) is 1.05. The van der Waals surface area contributed by atoms with Gasteiger partial charge in [-0.15, -0.1) is 5.10 Å². The molecule has 36 heavy (non-hydrogen) atoms. The van der Waals surface area contributed by atoms with Gasteiger partial charge in [-0.3, -0.25) is 9.59 Å². The van der Waals surface area contributed by atoms with Gasteiger partial charge in [-0.25, -0.2) is 0 Å². The van der Waals surface area contributed by atoms with Crippen LogP contribution >= 0.6 is 11.3 Å². The van der Waals surface area contributed by atoms with E-state index in [1.54, 1.807) is 4.90 Å². The summed E-state index contributed by atoms with van der Waals surface area (Å²) in [5, 5.41) is 4.46. The van der Waals surface area contributed by atoms with Gasteiger partial charge in [0.05, 0.1) is 24.4 Å². The Morgan fingerprint density at radius 2 is 1.67 bits per heavy atom. The third-order valence-electron chi connectivity index (χ3n) is 6.08. The number of nitrogens with zero attached hydrogens (tertiary/aromatic N) is 4. The lowest BCUT2D eigenvalue weighted by atomic mass is 10.1. The van der Waals surface area contributed by atoms with E-state index < -0.39 is 0 Å². The van der Waals surface area contributed by atoms with E-state index in [4.69, 9.17) is 4.74 Å². The van der Waals surface area contributed by atoms with Gasteiger partial charge in [-0.05, 0) is 42.3 Å². The SMILES string of the molecule is CCCOc1ccc(-c2nc3s/c(=C4\C(=O)N(Cc5ccccc5)c5ccccc54)c(=O)n3n2)cc1. The lowest BCUT2D eigenvalue weighted by molar-refractivity contribution is -0.113. The van der Waals surface area contributed by atoms with E-state index in [0.29, 0.717) is 34.0 Å². The summed E-state index contributed by atoms with van der Waals surface area (Å²) in [5.41, 5.74) is 3.43. The molecule has 6 rings (SSSR count). The highest BCUT2D eigenvalue weighted by atomic mass is 32.1. The van der Waals surface area contributed by atoms with E-state index in [0.717, 1.165) is 34.5 Å². The summed E-state index contributed by atoms with van der Waals surface area (Å²) in [6, 6.07) is 24.9. The minimum atomic E-state index is -0.337. The highest BCUT2D eigenvalue weighted by Gasteiger charge is 2.34. The Hall–Kier alpha value is -4.30. The average molecular weight is 495 g/mol. The van der Waals surface area contributed by atoms with E-state index in [1.807, 2.05) is 78.9 Å². The van der Waals surface area contributed by atoms with E-state index in [1.165, 1.54) is 15.9 Å². The minimum Gasteiger partial charge on any atom is -0.494 e. The van der Waals surface area contributed by atoms with Crippen LogP contribution in [0.5, 0.6) is 5.75 Å². The van der Waals surface area contributed by atoms with Crippen molar-refractivity contribution in [3.05, 3.63) is 105 Å². The van der Waals surface area contributed by atoms with Gasteiger partial charge >= 0.3 is 0 Å². The van der Waals surface area contributed by atoms with Crippen molar-refractivity contribution >= 4 is 33.5 Å². The van der Waals surface area contributed by atoms with Gasteiger partial charge < -0.3 is 9.64 Å². The van der Waals surface area contributed by atoms with Crippen molar-refractivity contribution in [2.24, 2.45) is 0 Å². The number of hydrogen-bond donors (Lipinski definition) is 0. The number of thiazole rings is 1. The Morgan fingerprint density at radius 3 is 2.42 bits per heavy atom. The molecular formula is C28H22N4O3S. The van der Waals surface area contributed by atoms with Crippen LogP contribution in [0.2, 0.25) is 0 Å². The van der Waals surface area contributed by atoms with Crippen LogP contribution in [0.4, 0.5) is 5.69 Å². The first-order valence-corrected chi connectivity index (χ1v) is 12.6. The van der Waals surface area contributed by atoms with Crippen molar-refractivity contribution in [1.29, 1.82) is 0 Å². The molecule has 0 radical (unpaired) electrons. The molecule has 0 aliphatic carbocycles. The molecule has 0 spiro atoms. The predicted octanol–water partition coefficient (Wildman–Crippen LogP) is 4.07. The second kappa shape index (κ2) is 9.05. The van der Waals surface area contributed by atoms with Crippen LogP contribution in [0.15, 0.2) is 83.7 Å². The summed E-state index contributed by atoms with van der Waals surface area (Å²) in [6.07, 6.45) is 0.936. The Balaban J connectivity index is 1.41. The highest BCUT2D eigenvalue weighted by molar-refractivity contribution is 7.15. The molecule has 0 bridgehead atoms. The number of rotatable bonds is 6. The predicted molar refractivity (Wildman–Crippen MR) is 140 cm³/mol. The first-order chi connectivity index (χ1) is 17.6. The van der Waals surface area contributed by atoms with Gasteiger partial charge in [0, 0.05) is 11.1 Å². The number of para-hydroxylation sites is 1. The molecule has 7 nitrogen and oxygen atoms in total. The zero-order valence-electron chi connectivity index (χ0n) is 19.5. The average Bonchev–Trinajstić information content (AvgIpc) is 3.55. The fourth-order valence-electron chi connectivity index (χ4n) is 4.35. The molecule has 3 aromatic carbocycles. The molecule has 0 saturated carbocycles. The van der Waals surface area contributed by atoms with E-state index >= 15 is 0 Å². The molecule has 1 aliphatic heterocycles. The molecule has 2 aromatic heterocycles. The van der Waals surface area contributed by atoms with Crippen molar-refractivity contribution in [3.8, 4) is 17.1 Å². The van der Waals surface area contributed by atoms with Crippen molar-refractivity contribution in [2.45, 2.75) is 19.9 Å². The van der Waals surface area contributed by atoms with Crippen molar-refractivity contribution in [1.82, 2.24) is 14.6 Å². The fourth-order valence-corrected chi connectivity index (χ4v) is 5.35. The fraction of sp³-hybridized carbons (Fsp3) is 0.143. The first kappa shape index (κ1) is 22.2. The van der Waals surface area contributed by atoms with Crippen molar-refractivity contribution in [2.75, 3.05) is 11.5 Å². The number of aromatic nitrogens is 3. The van der Waals surface area contributed by atoms with Gasteiger partial charge in [-0.1, -0.05) is 66.8 Å². The summed E-state index contributed by atoms with van der Waals surface area (Å²) < 4.78 is 7.28. The van der Waals surface area contributed by atoms with Gasteiger partial charge in [0.25, 0.3) is 11.5 Å². The minimum absolute atomic E-state index is 0.190. The van der Waals surface area contributed by atoms with Gasteiger partial charge in [0.1, 0.15) is 10.3 Å². The molecule has 178 valence electrons. The normalized spacial score (nSPS) is 14.5. The number of carbonyl (C=O) groups excluding carboxylic acids is 1. The van der Waals surface area contributed by atoms with Crippen LogP contribution in [0.1, 0.15) is 24.5 Å². The second-order valence-electron chi connectivity index (χ2n) is 8.51. The number of amides is 1. The van der Waals surface area contributed by atoms with Crippen LogP contribution in [0.25, 0.3) is 21.9 Å². The smallest absolute Gasteiger partial charge is 0.291 e. The van der Waals surface area contributed by atoms with Crippen molar-refractivity contribution < 1.29 is 9.53 Å². The standard InChI is InChI=1S/C28H22N4O3S/c1-2-16-35-20-14-12-19(13-15-20)25-29-28-32(30-25)27(34)24(36-28)23-21-10-6-7-11-22(21)31(26(23)33)17-18-8-4-3-5-9-18/h3-15H,2,16-17H2,1H3/b24-23-. The monoisotopic (exact) mass is 494 g/mol. The summed E-state index contributed by atoms with van der Waals surface area (Å²) >= 11 is 1.19. The number of ether oxygens (including phenoxy) is 1. The zero-order valence-corrected chi connectivity index (χ0v) is 20.4. The van der Waals surface area contributed by atoms with Gasteiger partial charge in [0.2, 0.25) is 4.96 Å².